The monoisotopic (exact) mass is 384 g/mol. The lowest BCUT2D eigenvalue weighted by atomic mass is 9.84. The highest BCUT2D eigenvalue weighted by atomic mass is 16.7. The van der Waals surface area contributed by atoms with Crippen molar-refractivity contribution in [3.8, 4) is 0 Å². The first-order valence-electron chi connectivity index (χ1n) is 12.3. The van der Waals surface area contributed by atoms with Gasteiger partial charge in [0.05, 0.1) is 0 Å². The van der Waals surface area contributed by atoms with Crippen LogP contribution in [0, 0.1) is 5.92 Å². The molecule has 0 aliphatic rings. The molecule has 0 N–H and O–H groups in total. The SMILES string of the molecule is CCCCCCCCCCC(OC)(OC)C(CCC)CCCCCCCC. The lowest BCUT2D eigenvalue weighted by Crippen LogP contribution is -2.42. The predicted octanol–water partition coefficient (Wildman–Crippen LogP) is 8.67. The van der Waals surface area contributed by atoms with Crippen LogP contribution in [0.3, 0.4) is 0 Å². The summed E-state index contributed by atoms with van der Waals surface area (Å²) >= 11 is 0. The highest BCUT2D eigenvalue weighted by molar-refractivity contribution is 4.80. The summed E-state index contributed by atoms with van der Waals surface area (Å²) in [5.41, 5.74) is 0. The van der Waals surface area contributed by atoms with Crippen LogP contribution in [0.5, 0.6) is 0 Å². The van der Waals surface area contributed by atoms with Crippen LogP contribution in [0.1, 0.15) is 136 Å². The first-order chi connectivity index (χ1) is 13.2. The van der Waals surface area contributed by atoms with Crippen molar-refractivity contribution in [1.29, 1.82) is 0 Å². The molecule has 0 fully saturated rings. The number of rotatable bonds is 21. The average molecular weight is 385 g/mol. The van der Waals surface area contributed by atoms with Crippen LogP contribution in [-0.2, 0) is 9.47 Å². The molecule has 0 saturated carbocycles. The molecule has 0 spiro atoms. The molecular weight excluding hydrogens is 332 g/mol. The molecule has 0 saturated heterocycles. The van der Waals surface area contributed by atoms with Gasteiger partial charge in [-0.2, -0.15) is 0 Å². The number of hydrogen-bond donors (Lipinski definition) is 0. The maximum Gasteiger partial charge on any atom is 0.170 e. The number of methoxy groups -OCH3 is 2. The third-order valence-corrected chi connectivity index (χ3v) is 6.24. The molecule has 0 aromatic rings. The second-order valence-corrected chi connectivity index (χ2v) is 8.49. The van der Waals surface area contributed by atoms with Crippen LogP contribution in [0.2, 0.25) is 0 Å². The second-order valence-electron chi connectivity index (χ2n) is 8.49. The first kappa shape index (κ1) is 26.9. The van der Waals surface area contributed by atoms with Crippen molar-refractivity contribution >= 4 is 0 Å². The van der Waals surface area contributed by atoms with E-state index in [-0.39, 0.29) is 5.79 Å². The fraction of sp³-hybridized carbons (Fsp3) is 1.00. The fourth-order valence-corrected chi connectivity index (χ4v) is 4.43. The van der Waals surface area contributed by atoms with E-state index < -0.39 is 0 Å². The van der Waals surface area contributed by atoms with Gasteiger partial charge in [-0.15, -0.1) is 0 Å². The van der Waals surface area contributed by atoms with E-state index in [1.54, 1.807) is 0 Å². The van der Waals surface area contributed by atoms with Crippen molar-refractivity contribution < 1.29 is 9.47 Å². The van der Waals surface area contributed by atoms with Gasteiger partial charge in [0, 0.05) is 26.6 Å². The molecule has 164 valence electrons. The molecule has 0 radical (unpaired) electrons. The van der Waals surface area contributed by atoms with Crippen molar-refractivity contribution in [3.05, 3.63) is 0 Å². The van der Waals surface area contributed by atoms with Crippen LogP contribution in [0.4, 0.5) is 0 Å². The third kappa shape index (κ3) is 12.9. The van der Waals surface area contributed by atoms with E-state index in [0.29, 0.717) is 5.92 Å². The van der Waals surface area contributed by atoms with E-state index in [1.807, 2.05) is 14.2 Å². The van der Waals surface area contributed by atoms with Crippen LogP contribution in [0.15, 0.2) is 0 Å². The van der Waals surface area contributed by atoms with Gasteiger partial charge in [0.25, 0.3) is 0 Å². The van der Waals surface area contributed by atoms with Gasteiger partial charge in [0.1, 0.15) is 0 Å². The Hall–Kier alpha value is -0.0800. The standard InChI is InChI=1S/C25H52O2/c1-6-9-11-13-15-16-18-20-23-25(26-4,27-5)24(21-8-3)22-19-17-14-12-10-7-2/h24H,6-23H2,1-5H3. The zero-order valence-corrected chi connectivity index (χ0v) is 19.6. The Morgan fingerprint density at radius 1 is 0.519 bits per heavy atom. The molecule has 1 atom stereocenters. The van der Waals surface area contributed by atoms with Crippen molar-refractivity contribution in [1.82, 2.24) is 0 Å². The van der Waals surface area contributed by atoms with Gasteiger partial charge in [-0.05, 0) is 19.3 Å². The number of ether oxygens (including phenoxy) is 2. The Morgan fingerprint density at radius 3 is 1.41 bits per heavy atom. The van der Waals surface area contributed by atoms with Crippen molar-refractivity contribution in [2.75, 3.05) is 14.2 Å². The first-order valence-corrected chi connectivity index (χ1v) is 12.3. The van der Waals surface area contributed by atoms with Gasteiger partial charge in [0.15, 0.2) is 5.79 Å². The van der Waals surface area contributed by atoms with E-state index in [0.717, 1.165) is 6.42 Å². The molecule has 0 aliphatic heterocycles. The van der Waals surface area contributed by atoms with Crippen LogP contribution >= 0.6 is 0 Å². The maximum atomic E-state index is 6.03. The summed E-state index contributed by atoms with van der Waals surface area (Å²) in [6.45, 7) is 6.86. The molecule has 1 unspecified atom stereocenters. The summed E-state index contributed by atoms with van der Waals surface area (Å²) in [6, 6.07) is 0. The topological polar surface area (TPSA) is 18.5 Å². The van der Waals surface area contributed by atoms with Crippen molar-refractivity contribution in [2.45, 2.75) is 142 Å². The molecule has 0 aromatic heterocycles. The van der Waals surface area contributed by atoms with Crippen molar-refractivity contribution in [2.24, 2.45) is 5.92 Å². The minimum Gasteiger partial charge on any atom is -0.353 e. The summed E-state index contributed by atoms with van der Waals surface area (Å²) in [6.07, 6.45) is 23.8. The Balaban J connectivity index is 4.29. The van der Waals surface area contributed by atoms with Gasteiger partial charge in [-0.3, -0.25) is 0 Å². The Kier molecular flexibility index (Phi) is 19.2. The van der Waals surface area contributed by atoms with Crippen LogP contribution in [0.25, 0.3) is 0 Å². The highest BCUT2D eigenvalue weighted by Crippen LogP contribution is 2.36. The molecule has 0 aliphatic carbocycles. The molecular formula is C25H52O2. The normalized spacial score (nSPS) is 13.2. The lowest BCUT2D eigenvalue weighted by molar-refractivity contribution is -0.247. The fourth-order valence-electron chi connectivity index (χ4n) is 4.43. The second kappa shape index (κ2) is 19.2. The quantitative estimate of drug-likeness (QED) is 0.145. The highest BCUT2D eigenvalue weighted by Gasteiger charge is 2.37. The molecule has 0 amide bonds. The lowest BCUT2D eigenvalue weighted by Gasteiger charge is -2.39. The third-order valence-electron chi connectivity index (χ3n) is 6.24. The smallest absolute Gasteiger partial charge is 0.170 e. The summed E-state index contributed by atoms with van der Waals surface area (Å²) in [7, 11) is 3.72. The minimum absolute atomic E-state index is 0.359. The van der Waals surface area contributed by atoms with E-state index >= 15 is 0 Å². The Labute approximate surface area is 172 Å². The zero-order valence-electron chi connectivity index (χ0n) is 19.6. The summed E-state index contributed by atoms with van der Waals surface area (Å²) in [4.78, 5) is 0. The number of unbranched alkanes of at least 4 members (excludes halogenated alkanes) is 12. The van der Waals surface area contributed by atoms with Crippen LogP contribution < -0.4 is 0 Å². The van der Waals surface area contributed by atoms with Crippen LogP contribution in [-0.4, -0.2) is 20.0 Å². The predicted molar refractivity (Wildman–Crippen MR) is 120 cm³/mol. The summed E-state index contributed by atoms with van der Waals surface area (Å²) in [5, 5.41) is 0. The summed E-state index contributed by atoms with van der Waals surface area (Å²) in [5.74, 6) is 0.176. The van der Waals surface area contributed by atoms with Gasteiger partial charge < -0.3 is 9.47 Å². The van der Waals surface area contributed by atoms with Gasteiger partial charge in [-0.25, -0.2) is 0 Å². The van der Waals surface area contributed by atoms with Gasteiger partial charge in [0.2, 0.25) is 0 Å². The Morgan fingerprint density at radius 2 is 0.963 bits per heavy atom. The van der Waals surface area contributed by atoms with Crippen molar-refractivity contribution in [3.63, 3.8) is 0 Å². The van der Waals surface area contributed by atoms with Gasteiger partial charge in [-0.1, -0.05) is 111 Å². The number of hydrogen-bond acceptors (Lipinski definition) is 2. The Bertz CT molecular complexity index is 286. The molecule has 0 aromatic carbocycles. The summed E-state index contributed by atoms with van der Waals surface area (Å²) < 4.78 is 12.1. The largest absolute Gasteiger partial charge is 0.353 e. The zero-order chi connectivity index (χ0) is 20.2. The molecule has 0 heterocycles. The van der Waals surface area contributed by atoms with E-state index in [9.17, 15) is 0 Å². The molecule has 2 nitrogen and oxygen atoms in total. The molecule has 0 bridgehead atoms. The average Bonchev–Trinajstić information content (AvgIpc) is 2.69. The minimum atomic E-state index is -0.359. The van der Waals surface area contributed by atoms with E-state index in [2.05, 4.69) is 20.8 Å². The molecule has 0 rings (SSSR count). The van der Waals surface area contributed by atoms with E-state index in [4.69, 9.17) is 9.47 Å². The maximum absolute atomic E-state index is 6.03. The molecule has 27 heavy (non-hydrogen) atoms. The molecule has 2 heteroatoms. The van der Waals surface area contributed by atoms with Gasteiger partial charge >= 0.3 is 0 Å². The van der Waals surface area contributed by atoms with E-state index in [1.165, 1.54) is 109 Å².